The molecule has 2 aromatic heterocycles. The van der Waals surface area contributed by atoms with Gasteiger partial charge in [-0.3, -0.25) is 19.5 Å². The zero-order valence-electron chi connectivity index (χ0n) is 17.8. The van der Waals surface area contributed by atoms with Gasteiger partial charge in [0.1, 0.15) is 0 Å². The predicted molar refractivity (Wildman–Crippen MR) is 114 cm³/mol. The lowest BCUT2D eigenvalue weighted by atomic mass is 9.83. The van der Waals surface area contributed by atoms with E-state index in [0.29, 0.717) is 43.2 Å². The number of piperidine rings is 1. The molecule has 31 heavy (non-hydrogen) atoms. The Morgan fingerprint density at radius 2 is 1.74 bits per heavy atom. The van der Waals surface area contributed by atoms with Crippen molar-refractivity contribution in [3.63, 3.8) is 0 Å². The number of nitrogens with zero attached hydrogens (tertiary/aromatic N) is 4. The Labute approximate surface area is 180 Å². The minimum atomic E-state index is -0.0993. The average Bonchev–Trinajstić information content (AvgIpc) is 3.51. The number of rotatable bonds is 3. The van der Waals surface area contributed by atoms with E-state index in [4.69, 9.17) is 4.98 Å². The van der Waals surface area contributed by atoms with Gasteiger partial charge < -0.3 is 9.80 Å². The van der Waals surface area contributed by atoms with E-state index in [9.17, 15) is 14.4 Å². The minimum absolute atomic E-state index is 0.0993. The Bertz CT molecular complexity index is 1110. The Kier molecular flexibility index (Phi) is 4.43. The highest BCUT2D eigenvalue weighted by molar-refractivity contribution is 5.81. The van der Waals surface area contributed by atoms with Gasteiger partial charge in [0.25, 0.3) is 5.56 Å². The van der Waals surface area contributed by atoms with Gasteiger partial charge >= 0.3 is 0 Å². The first-order valence-corrected chi connectivity index (χ1v) is 11.8. The fourth-order valence-electron chi connectivity index (χ4n) is 5.33. The van der Waals surface area contributed by atoms with Gasteiger partial charge in [0.05, 0.1) is 17.8 Å². The monoisotopic (exact) mass is 423 g/mol. The molecule has 2 saturated carbocycles. The molecule has 4 heterocycles. The molecule has 2 aliphatic carbocycles. The Morgan fingerprint density at radius 1 is 0.968 bits per heavy atom. The van der Waals surface area contributed by atoms with Crippen LogP contribution in [-0.4, -0.2) is 55.8 Å². The van der Waals surface area contributed by atoms with Crippen LogP contribution < -0.4 is 5.56 Å². The number of aromatic nitrogens is 3. The molecule has 0 aromatic carbocycles. The van der Waals surface area contributed by atoms with Crippen molar-refractivity contribution in [1.82, 2.24) is 24.4 Å². The van der Waals surface area contributed by atoms with Crippen molar-refractivity contribution in [2.75, 3.05) is 19.6 Å². The quantitative estimate of drug-likeness (QED) is 0.815. The maximum absolute atomic E-state index is 13.2. The van der Waals surface area contributed by atoms with Crippen LogP contribution in [0.2, 0.25) is 0 Å². The fraction of sp³-hybridized carbons (Fsp3) is 0.652. The molecule has 6 rings (SSSR count). The van der Waals surface area contributed by atoms with Gasteiger partial charge in [-0.2, -0.15) is 0 Å². The van der Waals surface area contributed by atoms with Crippen LogP contribution >= 0.6 is 0 Å². The summed E-state index contributed by atoms with van der Waals surface area (Å²) in [6, 6.07) is 1.98. The van der Waals surface area contributed by atoms with Crippen LogP contribution in [0.4, 0.5) is 0 Å². The average molecular weight is 424 g/mol. The van der Waals surface area contributed by atoms with Crippen molar-refractivity contribution < 1.29 is 9.59 Å². The van der Waals surface area contributed by atoms with Gasteiger partial charge in [0.2, 0.25) is 11.8 Å². The third-order valence-corrected chi connectivity index (χ3v) is 7.65. The molecule has 0 unspecified atom stereocenters. The van der Waals surface area contributed by atoms with Gasteiger partial charge in [0.15, 0.2) is 5.65 Å². The van der Waals surface area contributed by atoms with Crippen molar-refractivity contribution in [1.29, 1.82) is 0 Å². The Morgan fingerprint density at radius 3 is 2.48 bits per heavy atom. The normalized spacial score (nSPS) is 24.2. The minimum Gasteiger partial charge on any atom is -0.342 e. The van der Waals surface area contributed by atoms with Crippen molar-refractivity contribution in [3.8, 4) is 0 Å². The van der Waals surface area contributed by atoms with Crippen LogP contribution in [-0.2, 0) is 22.6 Å². The molecule has 1 N–H and O–H groups in total. The second-order valence-corrected chi connectivity index (χ2v) is 9.78. The zero-order valence-corrected chi connectivity index (χ0v) is 17.8. The zero-order chi connectivity index (χ0) is 21.1. The summed E-state index contributed by atoms with van der Waals surface area (Å²) >= 11 is 0. The summed E-state index contributed by atoms with van der Waals surface area (Å²) in [6.45, 7) is 2.55. The smallest absolute Gasteiger partial charge is 0.277 e. The second-order valence-electron chi connectivity index (χ2n) is 9.78. The van der Waals surface area contributed by atoms with Crippen LogP contribution in [0.5, 0.6) is 0 Å². The van der Waals surface area contributed by atoms with E-state index in [-0.39, 0.29) is 29.2 Å². The molecule has 2 aromatic rings. The van der Waals surface area contributed by atoms with Gasteiger partial charge in [-0.25, -0.2) is 9.50 Å². The first kappa shape index (κ1) is 19.1. The third-order valence-electron chi connectivity index (χ3n) is 7.65. The number of hydrogen-bond acceptors (Lipinski definition) is 4. The molecule has 1 saturated heterocycles. The maximum Gasteiger partial charge on any atom is 0.277 e. The number of carbonyl (C=O) groups excluding carboxylic acids is 2. The van der Waals surface area contributed by atoms with Gasteiger partial charge in [-0.1, -0.05) is 6.42 Å². The number of amides is 2. The highest BCUT2D eigenvalue weighted by Crippen LogP contribution is 2.33. The van der Waals surface area contributed by atoms with E-state index in [0.717, 1.165) is 56.5 Å². The van der Waals surface area contributed by atoms with Gasteiger partial charge in [0, 0.05) is 55.6 Å². The van der Waals surface area contributed by atoms with E-state index in [1.54, 1.807) is 0 Å². The first-order chi connectivity index (χ1) is 15.1. The molecule has 0 spiro atoms. The summed E-state index contributed by atoms with van der Waals surface area (Å²) in [6.07, 6.45) is 7.77. The summed E-state index contributed by atoms with van der Waals surface area (Å²) in [5.41, 5.74) is 2.97. The number of carbonyl (C=O) groups is 2. The predicted octanol–water partition coefficient (Wildman–Crippen LogP) is 1.82. The van der Waals surface area contributed by atoms with E-state index in [1.165, 1.54) is 10.9 Å². The van der Waals surface area contributed by atoms with Gasteiger partial charge in [-0.05, 0) is 38.5 Å². The molecule has 0 bridgehead atoms. The van der Waals surface area contributed by atoms with Crippen molar-refractivity contribution in [2.24, 2.45) is 11.8 Å². The molecule has 8 nitrogen and oxygen atoms in total. The molecular weight excluding hydrogens is 394 g/mol. The number of aromatic amines is 1. The lowest BCUT2D eigenvalue weighted by Gasteiger charge is -2.37. The summed E-state index contributed by atoms with van der Waals surface area (Å²) in [5.74, 6) is 1.07. The van der Waals surface area contributed by atoms with Crippen LogP contribution in [0.1, 0.15) is 67.8 Å². The number of H-pyrrole nitrogens is 1. The van der Waals surface area contributed by atoms with E-state index >= 15 is 0 Å². The highest BCUT2D eigenvalue weighted by Gasteiger charge is 2.36. The number of nitrogens with one attached hydrogen (secondary N) is 1. The topological polar surface area (TPSA) is 90.8 Å². The standard InChI is InChI=1S/C23H29N5O3/c29-21(14-3-1-4-14)26-9-2-5-16(12-26)19-11-20-24-18-8-10-27(22(30)15-6-7-15)13-17(18)23(31)28(20)25-19/h11,14-16,25H,1-10,12-13H2/t16-/m0/s1. The molecule has 2 aliphatic heterocycles. The highest BCUT2D eigenvalue weighted by atomic mass is 16.2. The van der Waals surface area contributed by atoms with E-state index < -0.39 is 0 Å². The van der Waals surface area contributed by atoms with Crippen LogP contribution in [0.3, 0.4) is 0 Å². The molecule has 1 atom stereocenters. The lowest BCUT2D eigenvalue weighted by molar-refractivity contribution is -0.139. The second kappa shape index (κ2) is 7.21. The number of likely N-dealkylation sites (tertiary alicyclic amines) is 1. The maximum atomic E-state index is 13.2. The van der Waals surface area contributed by atoms with E-state index in [1.807, 2.05) is 15.9 Å². The van der Waals surface area contributed by atoms with E-state index in [2.05, 4.69) is 5.10 Å². The largest absolute Gasteiger partial charge is 0.342 e. The first-order valence-electron chi connectivity index (χ1n) is 11.8. The fourth-order valence-corrected chi connectivity index (χ4v) is 5.33. The van der Waals surface area contributed by atoms with Crippen LogP contribution in [0, 0.1) is 11.8 Å². The molecular formula is C23H29N5O3. The Hall–Kier alpha value is -2.64. The summed E-state index contributed by atoms with van der Waals surface area (Å²) in [4.78, 5) is 47.0. The SMILES string of the molecule is O=C(C1CC1)N1CCc2nc3cc([C@H]4CCCN(C(=O)C5CCC5)C4)[nH]n3c(=O)c2C1. The number of hydrogen-bond donors (Lipinski definition) is 1. The Balaban J connectivity index is 1.26. The summed E-state index contributed by atoms with van der Waals surface area (Å²) < 4.78 is 1.53. The lowest BCUT2D eigenvalue weighted by Crippen LogP contribution is -2.44. The summed E-state index contributed by atoms with van der Waals surface area (Å²) in [7, 11) is 0. The van der Waals surface area contributed by atoms with Crippen LogP contribution in [0.25, 0.3) is 5.65 Å². The van der Waals surface area contributed by atoms with Crippen molar-refractivity contribution in [3.05, 3.63) is 33.4 Å². The van der Waals surface area contributed by atoms with Crippen molar-refractivity contribution >= 4 is 17.5 Å². The molecule has 3 fully saturated rings. The molecule has 2 amide bonds. The third kappa shape index (κ3) is 3.27. The molecule has 8 heteroatoms. The summed E-state index contributed by atoms with van der Waals surface area (Å²) in [5, 5.41) is 3.28. The molecule has 0 radical (unpaired) electrons. The van der Waals surface area contributed by atoms with Gasteiger partial charge in [-0.15, -0.1) is 0 Å². The van der Waals surface area contributed by atoms with Crippen LogP contribution in [0.15, 0.2) is 10.9 Å². The van der Waals surface area contributed by atoms with Crippen molar-refractivity contribution in [2.45, 2.75) is 63.8 Å². The number of fused-ring (bicyclic) bond motifs is 2. The molecule has 164 valence electrons. The molecule has 4 aliphatic rings.